The summed E-state index contributed by atoms with van der Waals surface area (Å²) in [6.07, 6.45) is -5.29. The van der Waals surface area contributed by atoms with Crippen molar-refractivity contribution in [2.45, 2.75) is 51.6 Å². The van der Waals surface area contributed by atoms with Crippen molar-refractivity contribution in [1.29, 1.82) is 0 Å². The van der Waals surface area contributed by atoms with Crippen molar-refractivity contribution >= 4 is 5.78 Å². The highest BCUT2D eigenvalue weighted by molar-refractivity contribution is 5.89. The number of rotatable bonds is 7. The molecule has 0 saturated carbocycles. The van der Waals surface area contributed by atoms with E-state index in [9.17, 15) is 25.2 Å². The summed E-state index contributed by atoms with van der Waals surface area (Å²) in [5.41, 5.74) is -2.16. The SMILES string of the molecule is CC(C)C(=O)[C@@](O)(C(C)C)[C@@H](O)[C@@H](O)[C@H](O)CO. The monoisotopic (exact) mass is 264 g/mol. The largest absolute Gasteiger partial charge is 0.394 e. The molecule has 0 heterocycles. The number of ketones is 1. The van der Waals surface area contributed by atoms with Gasteiger partial charge in [0.05, 0.1) is 6.61 Å². The van der Waals surface area contributed by atoms with Crippen molar-refractivity contribution in [2.24, 2.45) is 11.8 Å². The Bertz CT molecular complexity index is 278. The zero-order valence-corrected chi connectivity index (χ0v) is 11.2. The Morgan fingerprint density at radius 2 is 1.56 bits per heavy atom. The maximum absolute atomic E-state index is 12.0. The van der Waals surface area contributed by atoms with Crippen LogP contribution in [0.5, 0.6) is 0 Å². The molecule has 0 unspecified atom stereocenters. The van der Waals surface area contributed by atoms with Gasteiger partial charge in [-0.1, -0.05) is 27.7 Å². The summed E-state index contributed by atoms with van der Waals surface area (Å²) in [5.74, 6) is -1.80. The lowest BCUT2D eigenvalue weighted by molar-refractivity contribution is -0.187. The van der Waals surface area contributed by atoms with Crippen LogP contribution in [0.1, 0.15) is 27.7 Å². The highest BCUT2D eigenvalue weighted by atomic mass is 16.4. The summed E-state index contributed by atoms with van der Waals surface area (Å²) >= 11 is 0. The minimum absolute atomic E-state index is 0.537. The second-order valence-electron chi connectivity index (χ2n) is 5.18. The molecule has 0 aliphatic heterocycles. The number of hydrogen-bond acceptors (Lipinski definition) is 6. The molecule has 0 spiro atoms. The number of aliphatic hydroxyl groups is 5. The predicted molar refractivity (Wildman–Crippen MR) is 64.7 cm³/mol. The Balaban J connectivity index is 5.29. The van der Waals surface area contributed by atoms with Crippen molar-refractivity contribution in [3.63, 3.8) is 0 Å². The smallest absolute Gasteiger partial charge is 0.169 e. The van der Waals surface area contributed by atoms with Crippen molar-refractivity contribution in [3.8, 4) is 0 Å². The van der Waals surface area contributed by atoms with Gasteiger partial charge in [0, 0.05) is 5.92 Å². The van der Waals surface area contributed by atoms with Gasteiger partial charge < -0.3 is 25.5 Å². The molecule has 0 radical (unpaired) electrons. The van der Waals surface area contributed by atoms with Crippen LogP contribution in [0.15, 0.2) is 0 Å². The van der Waals surface area contributed by atoms with Crippen LogP contribution in [-0.4, -0.2) is 61.8 Å². The quantitative estimate of drug-likeness (QED) is 0.389. The molecule has 0 aromatic carbocycles. The van der Waals surface area contributed by atoms with Gasteiger partial charge in [0.1, 0.15) is 18.3 Å². The van der Waals surface area contributed by atoms with Crippen LogP contribution in [0.25, 0.3) is 0 Å². The van der Waals surface area contributed by atoms with Crippen LogP contribution < -0.4 is 0 Å². The Labute approximate surface area is 107 Å². The molecule has 0 aliphatic rings. The van der Waals surface area contributed by atoms with Crippen LogP contribution in [0.4, 0.5) is 0 Å². The summed E-state index contributed by atoms with van der Waals surface area (Å²) in [6.45, 7) is 5.42. The van der Waals surface area contributed by atoms with E-state index in [1.807, 2.05) is 0 Å². The summed E-state index contributed by atoms with van der Waals surface area (Å²) in [6, 6.07) is 0. The van der Waals surface area contributed by atoms with E-state index in [0.717, 1.165) is 0 Å². The van der Waals surface area contributed by atoms with Gasteiger partial charge in [0.15, 0.2) is 11.4 Å². The summed E-state index contributed by atoms with van der Waals surface area (Å²) in [4.78, 5) is 12.0. The number of aliphatic hydroxyl groups excluding tert-OH is 4. The standard InChI is InChI=1S/C12H24O6/c1-6(2)10(16)12(18,7(3)4)11(17)9(15)8(14)5-13/h6-9,11,13-15,17-18H,5H2,1-4H3/t8-,9+,11+,12+/m1/s1. The molecular weight excluding hydrogens is 240 g/mol. The van der Waals surface area contributed by atoms with Gasteiger partial charge in [0.25, 0.3) is 0 Å². The maximum atomic E-state index is 12.0. The molecule has 0 aromatic heterocycles. The summed E-state index contributed by atoms with van der Waals surface area (Å²) in [7, 11) is 0. The van der Waals surface area contributed by atoms with Crippen molar-refractivity contribution in [2.75, 3.05) is 6.61 Å². The Morgan fingerprint density at radius 3 is 1.83 bits per heavy atom. The molecule has 0 amide bonds. The predicted octanol–water partition coefficient (Wildman–Crippen LogP) is -1.33. The molecule has 0 aromatic rings. The van der Waals surface area contributed by atoms with Crippen LogP contribution in [-0.2, 0) is 4.79 Å². The molecule has 6 heteroatoms. The van der Waals surface area contributed by atoms with E-state index in [1.165, 1.54) is 13.8 Å². The molecule has 5 N–H and O–H groups in total. The third-order valence-electron chi connectivity index (χ3n) is 3.15. The average Bonchev–Trinajstić information content (AvgIpc) is 2.33. The van der Waals surface area contributed by atoms with Crippen molar-refractivity contribution in [1.82, 2.24) is 0 Å². The molecule has 108 valence electrons. The van der Waals surface area contributed by atoms with E-state index in [1.54, 1.807) is 13.8 Å². The first-order chi connectivity index (χ1) is 8.10. The van der Waals surface area contributed by atoms with Gasteiger partial charge in [0.2, 0.25) is 0 Å². The lowest BCUT2D eigenvalue weighted by atomic mass is 9.75. The van der Waals surface area contributed by atoms with Crippen LogP contribution in [0, 0.1) is 11.8 Å². The Morgan fingerprint density at radius 1 is 1.11 bits per heavy atom. The fourth-order valence-corrected chi connectivity index (χ4v) is 1.81. The highest BCUT2D eigenvalue weighted by Gasteiger charge is 2.50. The summed E-state index contributed by atoms with van der Waals surface area (Å²) < 4.78 is 0. The number of carbonyl (C=O) groups excluding carboxylic acids is 1. The first-order valence-electron chi connectivity index (χ1n) is 6.02. The lowest BCUT2D eigenvalue weighted by Crippen LogP contribution is -2.61. The third-order valence-corrected chi connectivity index (χ3v) is 3.15. The lowest BCUT2D eigenvalue weighted by Gasteiger charge is -2.39. The van der Waals surface area contributed by atoms with E-state index in [-0.39, 0.29) is 0 Å². The normalized spacial score (nSPS) is 20.6. The zero-order chi connectivity index (χ0) is 14.7. The minimum Gasteiger partial charge on any atom is -0.394 e. The maximum Gasteiger partial charge on any atom is 0.169 e. The van der Waals surface area contributed by atoms with Gasteiger partial charge in [-0.2, -0.15) is 0 Å². The van der Waals surface area contributed by atoms with Gasteiger partial charge in [-0.15, -0.1) is 0 Å². The van der Waals surface area contributed by atoms with Gasteiger partial charge in [-0.3, -0.25) is 4.79 Å². The van der Waals surface area contributed by atoms with E-state index in [4.69, 9.17) is 5.11 Å². The van der Waals surface area contributed by atoms with E-state index in [2.05, 4.69) is 0 Å². The molecule has 6 nitrogen and oxygen atoms in total. The first-order valence-corrected chi connectivity index (χ1v) is 6.02. The first kappa shape index (κ1) is 17.5. The molecule has 0 bridgehead atoms. The van der Waals surface area contributed by atoms with E-state index < -0.39 is 48.1 Å². The van der Waals surface area contributed by atoms with Crippen LogP contribution in [0.3, 0.4) is 0 Å². The van der Waals surface area contributed by atoms with E-state index >= 15 is 0 Å². The van der Waals surface area contributed by atoms with Gasteiger partial charge >= 0.3 is 0 Å². The van der Waals surface area contributed by atoms with Gasteiger partial charge in [-0.25, -0.2) is 0 Å². The van der Waals surface area contributed by atoms with Crippen LogP contribution >= 0.6 is 0 Å². The Hall–Kier alpha value is -0.530. The molecule has 18 heavy (non-hydrogen) atoms. The summed E-state index contributed by atoms with van der Waals surface area (Å²) in [5, 5.41) is 47.9. The fraction of sp³-hybridized carbons (Fsp3) is 0.917. The van der Waals surface area contributed by atoms with E-state index in [0.29, 0.717) is 0 Å². The molecule has 0 rings (SSSR count). The Kier molecular flexibility index (Phi) is 6.39. The molecule has 4 atom stereocenters. The fourth-order valence-electron chi connectivity index (χ4n) is 1.81. The van der Waals surface area contributed by atoms with Crippen molar-refractivity contribution in [3.05, 3.63) is 0 Å². The molecule has 0 aliphatic carbocycles. The molecule has 0 saturated heterocycles. The number of hydrogen-bond donors (Lipinski definition) is 5. The number of carbonyl (C=O) groups is 1. The van der Waals surface area contributed by atoms with Crippen LogP contribution in [0.2, 0.25) is 0 Å². The zero-order valence-electron chi connectivity index (χ0n) is 11.2. The highest BCUT2D eigenvalue weighted by Crippen LogP contribution is 2.28. The third kappa shape index (κ3) is 3.27. The molecule has 0 fully saturated rings. The topological polar surface area (TPSA) is 118 Å². The average molecular weight is 264 g/mol. The number of Topliss-reactive ketones (excluding diaryl/α,β-unsaturated/α-hetero) is 1. The van der Waals surface area contributed by atoms with Gasteiger partial charge in [-0.05, 0) is 5.92 Å². The second kappa shape index (κ2) is 6.58. The second-order valence-corrected chi connectivity index (χ2v) is 5.18. The molecular formula is C12H24O6. The minimum atomic E-state index is -2.16. The van der Waals surface area contributed by atoms with Crippen molar-refractivity contribution < 1.29 is 30.3 Å².